The number of furan rings is 1. The normalized spacial score (nSPS) is 12.5. The summed E-state index contributed by atoms with van der Waals surface area (Å²) in [6.07, 6.45) is 0.925. The minimum absolute atomic E-state index is 0.0136. The van der Waals surface area contributed by atoms with Crippen LogP contribution >= 0.6 is 0 Å². The number of nitrogens with one attached hydrogen (secondary N) is 3. The molecule has 10 nitrogen and oxygen atoms in total. The van der Waals surface area contributed by atoms with Crippen molar-refractivity contribution in [3.05, 3.63) is 77.6 Å². The van der Waals surface area contributed by atoms with Gasteiger partial charge < -0.3 is 30.4 Å². The minimum atomic E-state index is -0.980. The molecule has 2 atom stereocenters. The Morgan fingerprint density at radius 1 is 0.808 bits per heavy atom. The molecule has 52 heavy (non-hydrogen) atoms. The zero-order valence-corrected chi connectivity index (χ0v) is 31.1. The van der Waals surface area contributed by atoms with Gasteiger partial charge in [0.25, 0.3) is 11.8 Å². The van der Waals surface area contributed by atoms with Crippen molar-refractivity contribution in [1.29, 1.82) is 0 Å². The average molecular weight is 715 g/mol. The number of carbonyl (C=O) groups excluding carboxylic acids is 3. The van der Waals surface area contributed by atoms with E-state index in [4.69, 9.17) is 4.42 Å². The van der Waals surface area contributed by atoms with E-state index in [1.807, 2.05) is 59.7 Å². The van der Waals surface area contributed by atoms with Crippen LogP contribution in [0.4, 0.5) is 10.1 Å². The van der Waals surface area contributed by atoms with Gasteiger partial charge in [0, 0.05) is 72.5 Å². The maximum Gasteiger partial charge on any atom is 0.305 e. The molecule has 0 aliphatic rings. The lowest BCUT2D eigenvalue weighted by Crippen LogP contribution is -2.43. The summed E-state index contributed by atoms with van der Waals surface area (Å²) in [6.45, 7) is 13.4. The first-order valence-corrected chi connectivity index (χ1v) is 18.0. The molecule has 0 saturated carbocycles. The highest BCUT2D eigenvalue weighted by Crippen LogP contribution is 2.41. The fourth-order valence-electron chi connectivity index (χ4n) is 6.69. The molecular weight excluding hydrogens is 663 g/mol. The van der Waals surface area contributed by atoms with Crippen LogP contribution in [0.3, 0.4) is 0 Å². The van der Waals surface area contributed by atoms with Crippen molar-refractivity contribution in [1.82, 2.24) is 16.0 Å². The SMILES string of the molecule is CCN(CC)c1cc2oc(-c3ccc(F)cc3)c(C(=O)NC)c2cc1-c1cccc(C(=O)NC(CC(=O)NC(CC(=O)O)CC(C)C)CC(C)C)c1. The number of fused-ring (bicyclic) bond motifs is 1. The summed E-state index contributed by atoms with van der Waals surface area (Å²) in [5, 5.41) is 18.6. The zero-order valence-electron chi connectivity index (χ0n) is 31.1. The fourth-order valence-corrected chi connectivity index (χ4v) is 6.69. The number of hydrogen-bond acceptors (Lipinski definition) is 6. The molecule has 3 amide bonds. The molecule has 4 aromatic rings. The van der Waals surface area contributed by atoms with E-state index < -0.39 is 23.9 Å². The van der Waals surface area contributed by atoms with E-state index in [-0.39, 0.29) is 42.4 Å². The Bertz CT molecular complexity index is 1880. The van der Waals surface area contributed by atoms with Gasteiger partial charge in [-0.1, -0.05) is 39.8 Å². The largest absolute Gasteiger partial charge is 0.481 e. The molecule has 0 aliphatic carbocycles. The topological polar surface area (TPSA) is 141 Å². The van der Waals surface area contributed by atoms with Gasteiger partial charge in [0.05, 0.1) is 12.0 Å². The van der Waals surface area contributed by atoms with E-state index in [1.165, 1.54) is 12.1 Å². The molecule has 0 radical (unpaired) electrons. The molecule has 4 N–H and O–H groups in total. The molecule has 0 aliphatic heterocycles. The van der Waals surface area contributed by atoms with Crippen molar-refractivity contribution in [2.24, 2.45) is 11.8 Å². The molecule has 0 fully saturated rings. The lowest BCUT2D eigenvalue weighted by atomic mass is 9.96. The number of halogens is 1. The summed E-state index contributed by atoms with van der Waals surface area (Å²) >= 11 is 0. The summed E-state index contributed by atoms with van der Waals surface area (Å²) in [5.41, 5.74) is 4.15. The Hall–Kier alpha value is -5.19. The third-order valence-corrected chi connectivity index (χ3v) is 8.97. The van der Waals surface area contributed by atoms with Gasteiger partial charge in [-0.25, -0.2) is 4.39 Å². The zero-order chi connectivity index (χ0) is 38.1. The lowest BCUT2D eigenvalue weighted by molar-refractivity contribution is -0.137. The van der Waals surface area contributed by atoms with Crippen molar-refractivity contribution in [2.75, 3.05) is 25.0 Å². The van der Waals surface area contributed by atoms with Gasteiger partial charge in [-0.3, -0.25) is 19.2 Å². The van der Waals surface area contributed by atoms with Crippen LogP contribution in [0.15, 0.2) is 65.1 Å². The average Bonchev–Trinajstić information content (AvgIpc) is 3.46. The van der Waals surface area contributed by atoms with E-state index in [0.29, 0.717) is 59.4 Å². The highest BCUT2D eigenvalue weighted by atomic mass is 19.1. The van der Waals surface area contributed by atoms with E-state index in [0.717, 1.165) is 16.8 Å². The van der Waals surface area contributed by atoms with Crippen LogP contribution in [-0.2, 0) is 9.59 Å². The number of carbonyl (C=O) groups is 4. The van der Waals surface area contributed by atoms with E-state index in [1.54, 1.807) is 37.4 Å². The van der Waals surface area contributed by atoms with E-state index in [2.05, 4.69) is 20.9 Å². The van der Waals surface area contributed by atoms with Crippen LogP contribution in [0.5, 0.6) is 0 Å². The smallest absolute Gasteiger partial charge is 0.305 e. The predicted molar refractivity (Wildman–Crippen MR) is 203 cm³/mol. The molecular formula is C41H51FN4O6. The Morgan fingerprint density at radius 2 is 1.44 bits per heavy atom. The highest BCUT2D eigenvalue weighted by Gasteiger charge is 2.26. The minimum Gasteiger partial charge on any atom is -0.481 e. The maximum atomic E-state index is 13.8. The second-order valence-corrected chi connectivity index (χ2v) is 14.0. The van der Waals surface area contributed by atoms with Crippen molar-refractivity contribution in [3.63, 3.8) is 0 Å². The van der Waals surface area contributed by atoms with Gasteiger partial charge in [0.1, 0.15) is 17.2 Å². The maximum absolute atomic E-state index is 13.8. The Balaban J connectivity index is 1.72. The lowest BCUT2D eigenvalue weighted by Gasteiger charge is -2.25. The van der Waals surface area contributed by atoms with Gasteiger partial charge in [0.2, 0.25) is 5.91 Å². The summed E-state index contributed by atoms with van der Waals surface area (Å²) < 4.78 is 20.1. The van der Waals surface area contributed by atoms with Crippen LogP contribution in [0.1, 0.15) is 87.9 Å². The molecule has 3 aromatic carbocycles. The molecule has 0 bridgehead atoms. The number of amides is 3. The monoisotopic (exact) mass is 714 g/mol. The first-order chi connectivity index (χ1) is 24.7. The third-order valence-electron chi connectivity index (χ3n) is 8.97. The number of benzene rings is 3. The van der Waals surface area contributed by atoms with Gasteiger partial charge in [-0.2, -0.15) is 0 Å². The van der Waals surface area contributed by atoms with Gasteiger partial charge in [0.15, 0.2) is 0 Å². The van der Waals surface area contributed by atoms with Gasteiger partial charge in [-0.05, 0) is 86.6 Å². The quantitative estimate of drug-likeness (QED) is 0.0881. The number of aliphatic carboxylic acids is 1. The molecule has 4 rings (SSSR count). The summed E-state index contributed by atoms with van der Waals surface area (Å²) in [6, 6.07) is 15.8. The molecule has 11 heteroatoms. The van der Waals surface area contributed by atoms with E-state index in [9.17, 15) is 28.7 Å². The number of nitrogens with zero attached hydrogens (tertiary/aromatic N) is 1. The van der Waals surface area contributed by atoms with Gasteiger partial charge >= 0.3 is 5.97 Å². The van der Waals surface area contributed by atoms with Crippen molar-refractivity contribution in [2.45, 2.75) is 79.3 Å². The Morgan fingerprint density at radius 3 is 2.02 bits per heavy atom. The molecule has 1 heterocycles. The summed E-state index contributed by atoms with van der Waals surface area (Å²) in [5.74, 6) is -1.68. The van der Waals surface area contributed by atoms with Crippen LogP contribution in [-0.4, -0.2) is 61.0 Å². The predicted octanol–water partition coefficient (Wildman–Crippen LogP) is 7.65. The molecule has 278 valence electrons. The van der Waals surface area contributed by atoms with Gasteiger partial charge in [-0.15, -0.1) is 0 Å². The first-order valence-electron chi connectivity index (χ1n) is 18.0. The molecule has 0 spiro atoms. The number of rotatable bonds is 17. The van der Waals surface area contributed by atoms with Crippen molar-refractivity contribution < 1.29 is 33.1 Å². The van der Waals surface area contributed by atoms with Crippen molar-refractivity contribution in [3.8, 4) is 22.5 Å². The van der Waals surface area contributed by atoms with Crippen LogP contribution < -0.4 is 20.9 Å². The molecule has 0 saturated heterocycles. The second kappa shape index (κ2) is 17.8. The third kappa shape index (κ3) is 9.98. The number of anilines is 1. The highest BCUT2D eigenvalue weighted by molar-refractivity contribution is 6.13. The molecule has 1 aromatic heterocycles. The standard InChI is InChI=1S/C41H51FN4O6/c1-8-46(9-2)34-23-35-33(38(41(51)43-7)39(52-35)26-13-15-29(42)16-14-26)22-32(34)27-11-10-12-28(19-27)40(50)45-30(17-24(3)4)20-36(47)44-31(18-25(5)6)21-37(48)49/h10-16,19,22-25,30-31H,8-9,17-18,20-21H2,1-7H3,(H,43,51)(H,44,47)(H,45,50)(H,48,49). The van der Waals surface area contributed by atoms with Crippen LogP contribution in [0.25, 0.3) is 33.4 Å². The van der Waals surface area contributed by atoms with Crippen molar-refractivity contribution >= 4 is 40.3 Å². The van der Waals surface area contributed by atoms with Crippen LogP contribution in [0, 0.1) is 17.7 Å². The summed E-state index contributed by atoms with van der Waals surface area (Å²) in [4.78, 5) is 53.8. The Kier molecular flexibility index (Phi) is 13.6. The Labute approximate surface area is 305 Å². The molecule has 2 unspecified atom stereocenters. The summed E-state index contributed by atoms with van der Waals surface area (Å²) in [7, 11) is 1.54. The van der Waals surface area contributed by atoms with E-state index >= 15 is 0 Å². The second-order valence-electron chi connectivity index (χ2n) is 14.0. The first kappa shape index (κ1) is 39.6. The number of carboxylic acids is 1. The number of hydrogen-bond donors (Lipinski definition) is 4. The number of carboxylic acid groups (broad SMARTS) is 1. The van der Waals surface area contributed by atoms with Crippen LogP contribution in [0.2, 0.25) is 0 Å². The fraction of sp³-hybridized carbons (Fsp3) is 0.415.